The molecule has 0 bridgehead atoms. The van der Waals surface area contributed by atoms with Crippen LogP contribution >= 0.6 is 0 Å². The molecule has 0 aliphatic carbocycles. The number of hydrogen-bond donors (Lipinski definition) is 0. The van der Waals surface area contributed by atoms with Crippen LogP contribution in [0.2, 0.25) is 0 Å². The van der Waals surface area contributed by atoms with Gasteiger partial charge >= 0.3 is 6.01 Å². The van der Waals surface area contributed by atoms with Crippen molar-refractivity contribution in [3.05, 3.63) is 31.0 Å². The minimum absolute atomic E-state index is 0.0617. The van der Waals surface area contributed by atoms with Crippen LogP contribution in [-0.4, -0.2) is 51.4 Å². The Morgan fingerprint density at radius 3 is 2.73 bits per heavy atom. The lowest BCUT2D eigenvalue weighted by molar-refractivity contribution is 0.119. The number of imidazole rings is 1. The number of rotatable bonds is 4. The van der Waals surface area contributed by atoms with Crippen LogP contribution in [0.5, 0.6) is 6.01 Å². The maximum atomic E-state index is 12.6. The zero-order valence-corrected chi connectivity index (χ0v) is 13.0. The summed E-state index contributed by atoms with van der Waals surface area (Å²) in [6, 6.07) is 1.97. The molecule has 3 rings (SSSR count). The summed E-state index contributed by atoms with van der Waals surface area (Å²) in [5, 5.41) is 0.0617. The number of ether oxygens (including phenoxy) is 1. The second kappa shape index (κ2) is 6.01. The Morgan fingerprint density at radius 2 is 2.05 bits per heavy atom. The first kappa shape index (κ1) is 14.9. The zero-order valence-electron chi connectivity index (χ0n) is 12.2. The third kappa shape index (κ3) is 3.09. The van der Waals surface area contributed by atoms with Gasteiger partial charge in [0.15, 0.2) is 5.03 Å². The molecule has 0 saturated carbocycles. The van der Waals surface area contributed by atoms with Gasteiger partial charge in [-0.2, -0.15) is 4.31 Å². The summed E-state index contributed by atoms with van der Waals surface area (Å²) in [6.45, 7) is 0.742. The van der Waals surface area contributed by atoms with E-state index in [1.807, 2.05) is 0 Å². The van der Waals surface area contributed by atoms with Gasteiger partial charge in [0.25, 0.3) is 10.0 Å². The summed E-state index contributed by atoms with van der Waals surface area (Å²) in [5.74, 6) is 0. The lowest BCUT2D eigenvalue weighted by Gasteiger charge is -2.30. The Morgan fingerprint density at radius 1 is 1.27 bits per heavy atom. The summed E-state index contributed by atoms with van der Waals surface area (Å²) in [5.41, 5.74) is 0. The summed E-state index contributed by atoms with van der Waals surface area (Å²) >= 11 is 0. The fourth-order valence-electron chi connectivity index (χ4n) is 2.37. The van der Waals surface area contributed by atoms with E-state index < -0.39 is 10.0 Å². The van der Waals surface area contributed by atoms with Crippen molar-refractivity contribution in [1.82, 2.24) is 23.8 Å². The maximum absolute atomic E-state index is 12.6. The minimum Gasteiger partial charge on any atom is -0.459 e. The highest BCUT2D eigenvalue weighted by Crippen LogP contribution is 2.21. The van der Waals surface area contributed by atoms with E-state index in [1.165, 1.54) is 16.8 Å². The van der Waals surface area contributed by atoms with E-state index in [9.17, 15) is 8.42 Å². The summed E-state index contributed by atoms with van der Waals surface area (Å²) in [7, 11) is -1.85. The molecule has 0 spiro atoms. The molecule has 3 heterocycles. The maximum Gasteiger partial charge on any atom is 0.316 e. The van der Waals surface area contributed by atoms with Gasteiger partial charge in [-0.15, -0.1) is 0 Å². The Kier molecular flexibility index (Phi) is 4.08. The van der Waals surface area contributed by atoms with Gasteiger partial charge in [-0.25, -0.2) is 23.4 Å². The SMILES string of the molecule is Cn1cnc(S(=O)(=O)N2CCCC(Oc3ncccn3)C2)c1. The van der Waals surface area contributed by atoms with Crippen LogP contribution in [-0.2, 0) is 17.1 Å². The van der Waals surface area contributed by atoms with Gasteiger partial charge in [0.05, 0.1) is 12.9 Å². The van der Waals surface area contributed by atoms with Crippen LogP contribution in [0.1, 0.15) is 12.8 Å². The topological polar surface area (TPSA) is 90.2 Å². The Labute approximate surface area is 128 Å². The highest BCUT2D eigenvalue weighted by molar-refractivity contribution is 7.89. The molecule has 1 fully saturated rings. The van der Waals surface area contributed by atoms with Crippen molar-refractivity contribution in [1.29, 1.82) is 0 Å². The van der Waals surface area contributed by atoms with Crippen LogP contribution in [0.25, 0.3) is 0 Å². The fourth-order valence-corrected chi connectivity index (χ4v) is 3.85. The van der Waals surface area contributed by atoms with E-state index in [1.54, 1.807) is 30.1 Å². The number of nitrogens with zero attached hydrogens (tertiary/aromatic N) is 5. The van der Waals surface area contributed by atoms with Crippen molar-refractivity contribution in [2.75, 3.05) is 13.1 Å². The van der Waals surface area contributed by atoms with Crippen molar-refractivity contribution in [2.45, 2.75) is 24.0 Å². The molecule has 1 unspecified atom stereocenters. The summed E-state index contributed by atoms with van der Waals surface area (Å²) in [4.78, 5) is 11.9. The highest BCUT2D eigenvalue weighted by Gasteiger charge is 2.32. The lowest BCUT2D eigenvalue weighted by atomic mass is 10.1. The molecule has 0 N–H and O–H groups in total. The number of sulfonamides is 1. The molecular weight excluding hydrogens is 306 g/mol. The fraction of sp³-hybridized carbons (Fsp3) is 0.462. The van der Waals surface area contributed by atoms with E-state index in [-0.39, 0.29) is 23.7 Å². The van der Waals surface area contributed by atoms with Gasteiger partial charge in [-0.3, -0.25) is 0 Å². The van der Waals surface area contributed by atoms with Crippen molar-refractivity contribution >= 4 is 10.0 Å². The molecule has 0 radical (unpaired) electrons. The molecular formula is C13H17N5O3S. The van der Waals surface area contributed by atoms with Gasteiger partial charge in [0.1, 0.15) is 6.10 Å². The number of piperidine rings is 1. The monoisotopic (exact) mass is 323 g/mol. The summed E-state index contributed by atoms with van der Waals surface area (Å²) in [6.07, 6.45) is 7.40. The molecule has 1 aliphatic rings. The molecule has 22 heavy (non-hydrogen) atoms. The zero-order chi connectivity index (χ0) is 15.6. The minimum atomic E-state index is -3.59. The van der Waals surface area contributed by atoms with E-state index in [0.29, 0.717) is 6.54 Å². The van der Waals surface area contributed by atoms with Gasteiger partial charge < -0.3 is 9.30 Å². The van der Waals surface area contributed by atoms with E-state index in [0.717, 1.165) is 12.8 Å². The van der Waals surface area contributed by atoms with Crippen LogP contribution in [0.15, 0.2) is 36.0 Å². The lowest BCUT2D eigenvalue weighted by Crippen LogP contribution is -2.44. The molecule has 118 valence electrons. The van der Waals surface area contributed by atoms with Gasteiger partial charge in [-0.05, 0) is 18.9 Å². The first-order chi connectivity index (χ1) is 10.6. The predicted molar refractivity (Wildman–Crippen MR) is 77.6 cm³/mol. The van der Waals surface area contributed by atoms with Crippen molar-refractivity contribution in [3.8, 4) is 6.01 Å². The largest absolute Gasteiger partial charge is 0.459 e. The normalized spacial score (nSPS) is 20.0. The third-order valence-corrected chi connectivity index (χ3v) is 5.19. The molecule has 0 aromatic carbocycles. The first-order valence-electron chi connectivity index (χ1n) is 6.97. The molecule has 8 nitrogen and oxygen atoms in total. The molecule has 1 atom stereocenters. The van der Waals surface area contributed by atoms with Gasteiger partial charge in [0.2, 0.25) is 0 Å². The highest BCUT2D eigenvalue weighted by atomic mass is 32.2. The van der Waals surface area contributed by atoms with Crippen LogP contribution < -0.4 is 4.74 Å². The number of aromatic nitrogens is 4. The van der Waals surface area contributed by atoms with Crippen molar-refractivity contribution in [3.63, 3.8) is 0 Å². The quantitative estimate of drug-likeness (QED) is 0.811. The predicted octanol–water partition coefficient (Wildman–Crippen LogP) is 0.442. The molecule has 9 heteroatoms. The molecule has 1 saturated heterocycles. The second-order valence-corrected chi connectivity index (χ2v) is 7.04. The summed E-state index contributed by atoms with van der Waals surface area (Å²) < 4.78 is 33.8. The van der Waals surface area contributed by atoms with Crippen LogP contribution in [0, 0.1) is 0 Å². The first-order valence-corrected chi connectivity index (χ1v) is 8.41. The van der Waals surface area contributed by atoms with Gasteiger partial charge in [-0.1, -0.05) is 0 Å². The van der Waals surface area contributed by atoms with Crippen LogP contribution in [0.3, 0.4) is 0 Å². The van der Waals surface area contributed by atoms with Gasteiger partial charge in [0, 0.05) is 32.2 Å². The van der Waals surface area contributed by atoms with Crippen LogP contribution in [0.4, 0.5) is 0 Å². The smallest absolute Gasteiger partial charge is 0.316 e. The number of aryl methyl sites for hydroxylation is 1. The molecule has 0 amide bonds. The Hall–Kier alpha value is -2.00. The van der Waals surface area contributed by atoms with E-state index >= 15 is 0 Å². The molecule has 1 aliphatic heterocycles. The van der Waals surface area contributed by atoms with Crippen molar-refractivity contribution < 1.29 is 13.2 Å². The average Bonchev–Trinajstić information content (AvgIpc) is 2.96. The second-order valence-electron chi connectivity index (χ2n) is 5.15. The standard InChI is InChI=1S/C13H17N5O3S/c1-17-9-12(16-10-17)22(19,20)18-7-2-4-11(8-18)21-13-14-5-3-6-15-13/h3,5-6,9-11H,2,4,7-8H2,1H3. The Bertz CT molecular complexity index is 731. The van der Waals surface area contributed by atoms with E-state index in [4.69, 9.17) is 4.74 Å². The average molecular weight is 323 g/mol. The Balaban J connectivity index is 1.73. The van der Waals surface area contributed by atoms with E-state index in [2.05, 4.69) is 15.0 Å². The molecule has 2 aromatic heterocycles. The third-order valence-electron chi connectivity index (χ3n) is 3.44. The number of hydrogen-bond acceptors (Lipinski definition) is 6. The molecule has 2 aromatic rings. The van der Waals surface area contributed by atoms with Crippen molar-refractivity contribution in [2.24, 2.45) is 7.05 Å².